The van der Waals surface area contributed by atoms with Crippen molar-refractivity contribution in [2.24, 2.45) is 0 Å². The third-order valence-corrected chi connectivity index (χ3v) is 6.80. The SMILES string of the molecule is O=C(CSc1nnc(NCCc2cccs2)s1)c1ccc(I)cc1. The lowest BCUT2D eigenvalue weighted by Crippen LogP contribution is -2.03. The van der Waals surface area contributed by atoms with Crippen molar-refractivity contribution in [3.8, 4) is 0 Å². The molecule has 0 saturated carbocycles. The van der Waals surface area contributed by atoms with Gasteiger partial charge in [0, 0.05) is 20.6 Å². The molecule has 0 bridgehead atoms. The molecule has 0 aliphatic heterocycles. The van der Waals surface area contributed by atoms with Crippen molar-refractivity contribution in [1.82, 2.24) is 10.2 Å². The van der Waals surface area contributed by atoms with Crippen molar-refractivity contribution in [1.29, 1.82) is 0 Å². The lowest BCUT2D eigenvalue weighted by Gasteiger charge is -2.00. The van der Waals surface area contributed by atoms with E-state index < -0.39 is 0 Å². The first-order valence-corrected chi connectivity index (χ1v) is 11.0. The largest absolute Gasteiger partial charge is 0.360 e. The molecule has 1 N–H and O–H groups in total. The number of carbonyl (C=O) groups is 1. The molecule has 124 valence electrons. The maximum absolute atomic E-state index is 12.2. The Labute approximate surface area is 166 Å². The van der Waals surface area contributed by atoms with E-state index in [1.54, 1.807) is 11.3 Å². The molecule has 0 aliphatic rings. The molecule has 8 heteroatoms. The summed E-state index contributed by atoms with van der Waals surface area (Å²) < 4.78 is 1.94. The standard InChI is InChI=1S/C16H14IN3OS3/c17-12-5-3-11(4-6-12)14(21)10-23-16-20-19-15(24-16)18-8-7-13-2-1-9-22-13/h1-6,9H,7-8,10H2,(H,18,19). The Morgan fingerprint density at radius 2 is 2.04 bits per heavy atom. The average molecular weight is 487 g/mol. The van der Waals surface area contributed by atoms with Crippen LogP contribution in [0.4, 0.5) is 5.13 Å². The van der Waals surface area contributed by atoms with Crippen molar-refractivity contribution in [2.45, 2.75) is 10.8 Å². The summed E-state index contributed by atoms with van der Waals surface area (Å²) >= 11 is 6.91. The fourth-order valence-corrected chi connectivity index (χ4v) is 4.67. The van der Waals surface area contributed by atoms with Crippen LogP contribution in [0.2, 0.25) is 0 Å². The zero-order valence-electron chi connectivity index (χ0n) is 12.6. The highest BCUT2D eigenvalue weighted by Crippen LogP contribution is 2.26. The second-order valence-corrected chi connectivity index (χ2v) is 9.33. The number of thiophene rings is 1. The Morgan fingerprint density at radius 1 is 1.21 bits per heavy atom. The Hall–Kier alpha value is -0.970. The van der Waals surface area contributed by atoms with E-state index in [-0.39, 0.29) is 5.78 Å². The third kappa shape index (κ3) is 5.27. The fourth-order valence-electron chi connectivity index (χ4n) is 1.93. The molecule has 24 heavy (non-hydrogen) atoms. The number of hydrogen-bond acceptors (Lipinski definition) is 7. The smallest absolute Gasteiger partial charge is 0.206 e. The minimum Gasteiger partial charge on any atom is -0.360 e. The first-order valence-electron chi connectivity index (χ1n) is 7.22. The predicted molar refractivity (Wildman–Crippen MR) is 111 cm³/mol. The zero-order chi connectivity index (χ0) is 16.8. The van der Waals surface area contributed by atoms with Gasteiger partial charge in [0.1, 0.15) is 0 Å². The second kappa shape index (κ2) is 8.93. The van der Waals surface area contributed by atoms with Crippen LogP contribution in [0.15, 0.2) is 46.1 Å². The van der Waals surface area contributed by atoms with Crippen molar-refractivity contribution < 1.29 is 4.79 Å². The number of Topliss-reactive ketones (excluding diaryl/α,β-unsaturated/α-hetero) is 1. The number of nitrogens with zero attached hydrogens (tertiary/aromatic N) is 2. The predicted octanol–water partition coefficient (Wildman–Crippen LogP) is 4.83. The van der Waals surface area contributed by atoms with Gasteiger partial charge >= 0.3 is 0 Å². The number of ketones is 1. The summed E-state index contributed by atoms with van der Waals surface area (Å²) in [6.07, 6.45) is 0.977. The highest BCUT2D eigenvalue weighted by Gasteiger charge is 2.10. The van der Waals surface area contributed by atoms with Gasteiger partial charge in [-0.15, -0.1) is 21.5 Å². The Morgan fingerprint density at radius 3 is 2.79 bits per heavy atom. The maximum atomic E-state index is 12.2. The highest BCUT2D eigenvalue weighted by atomic mass is 127. The van der Waals surface area contributed by atoms with Gasteiger partial charge in [0.2, 0.25) is 5.13 Å². The number of halogens is 1. The third-order valence-electron chi connectivity index (χ3n) is 3.13. The van der Waals surface area contributed by atoms with E-state index in [4.69, 9.17) is 0 Å². The second-order valence-electron chi connectivity index (χ2n) is 4.85. The summed E-state index contributed by atoms with van der Waals surface area (Å²) in [4.78, 5) is 13.5. The molecule has 4 nitrogen and oxygen atoms in total. The van der Waals surface area contributed by atoms with E-state index in [9.17, 15) is 4.79 Å². The number of carbonyl (C=O) groups excluding carboxylic acids is 1. The summed E-state index contributed by atoms with van der Waals surface area (Å²) in [7, 11) is 0. The van der Waals surface area contributed by atoms with Crippen LogP contribution >= 0.6 is 57.0 Å². The van der Waals surface area contributed by atoms with Crippen LogP contribution in [0.3, 0.4) is 0 Å². The van der Waals surface area contributed by atoms with Crippen LogP contribution in [-0.2, 0) is 6.42 Å². The van der Waals surface area contributed by atoms with Crippen molar-refractivity contribution in [2.75, 3.05) is 17.6 Å². The molecule has 1 aromatic carbocycles. The van der Waals surface area contributed by atoms with E-state index in [1.165, 1.54) is 28.0 Å². The fraction of sp³-hybridized carbons (Fsp3) is 0.188. The first-order chi connectivity index (χ1) is 11.7. The Kier molecular flexibility index (Phi) is 6.64. The molecule has 0 radical (unpaired) electrons. The van der Waals surface area contributed by atoms with Gasteiger partial charge in [-0.2, -0.15) is 0 Å². The van der Waals surface area contributed by atoms with Gasteiger partial charge in [-0.25, -0.2) is 0 Å². The molecule has 0 saturated heterocycles. The van der Waals surface area contributed by atoms with Crippen LogP contribution in [0.5, 0.6) is 0 Å². The van der Waals surface area contributed by atoms with Crippen LogP contribution in [-0.4, -0.2) is 28.3 Å². The van der Waals surface area contributed by atoms with Crippen molar-refractivity contribution in [3.05, 3.63) is 55.8 Å². The molecular formula is C16H14IN3OS3. The molecule has 0 aliphatic carbocycles. The normalized spacial score (nSPS) is 10.7. The van der Waals surface area contributed by atoms with Gasteiger partial charge in [0.15, 0.2) is 10.1 Å². The number of hydrogen-bond donors (Lipinski definition) is 1. The average Bonchev–Trinajstić information content (AvgIpc) is 3.25. The van der Waals surface area contributed by atoms with Gasteiger partial charge < -0.3 is 5.32 Å². The summed E-state index contributed by atoms with van der Waals surface area (Å²) in [5.41, 5.74) is 0.738. The lowest BCUT2D eigenvalue weighted by molar-refractivity contribution is 0.102. The molecule has 0 unspecified atom stereocenters. The van der Waals surface area contributed by atoms with Gasteiger partial charge in [-0.05, 0) is 52.6 Å². The van der Waals surface area contributed by atoms with Crippen LogP contribution in [0.25, 0.3) is 0 Å². The molecule has 0 spiro atoms. The minimum atomic E-state index is 0.110. The number of benzene rings is 1. The van der Waals surface area contributed by atoms with Crippen LogP contribution < -0.4 is 5.32 Å². The van der Waals surface area contributed by atoms with E-state index in [2.05, 4.69) is 55.6 Å². The highest BCUT2D eigenvalue weighted by molar-refractivity contribution is 14.1. The number of nitrogens with one attached hydrogen (secondary N) is 1. The summed E-state index contributed by atoms with van der Waals surface area (Å²) in [6.45, 7) is 0.835. The summed E-state index contributed by atoms with van der Waals surface area (Å²) in [6, 6.07) is 11.8. The number of thioether (sulfide) groups is 1. The first kappa shape index (κ1) is 17.8. The lowest BCUT2D eigenvalue weighted by atomic mass is 10.2. The Balaban J connectivity index is 1.45. The van der Waals surface area contributed by atoms with Gasteiger partial charge in [-0.3, -0.25) is 4.79 Å². The van der Waals surface area contributed by atoms with Gasteiger partial charge in [-0.1, -0.05) is 41.3 Å². The van der Waals surface area contributed by atoms with Crippen LogP contribution in [0, 0.1) is 3.57 Å². The van der Waals surface area contributed by atoms with Crippen LogP contribution in [0.1, 0.15) is 15.2 Å². The monoisotopic (exact) mass is 487 g/mol. The minimum absolute atomic E-state index is 0.110. The molecule has 0 atom stereocenters. The molecule has 0 fully saturated rings. The maximum Gasteiger partial charge on any atom is 0.206 e. The molecule has 3 aromatic rings. The van der Waals surface area contributed by atoms with E-state index >= 15 is 0 Å². The molecular weight excluding hydrogens is 473 g/mol. The summed E-state index contributed by atoms with van der Waals surface area (Å²) in [5.74, 6) is 0.489. The number of anilines is 1. The topological polar surface area (TPSA) is 54.9 Å². The van der Waals surface area contributed by atoms with Crippen molar-refractivity contribution >= 4 is 67.9 Å². The van der Waals surface area contributed by atoms with Crippen molar-refractivity contribution in [3.63, 3.8) is 0 Å². The quantitative estimate of drug-likeness (QED) is 0.280. The van der Waals surface area contributed by atoms with Gasteiger partial charge in [0.25, 0.3) is 0 Å². The zero-order valence-corrected chi connectivity index (χ0v) is 17.2. The summed E-state index contributed by atoms with van der Waals surface area (Å²) in [5, 5.41) is 14.4. The molecule has 0 amide bonds. The van der Waals surface area contributed by atoms with E-state index in [1.807, 2.05) is 24.3 Å². The van der Waals surface area contributed by atoms with Gasteiger partial charge in [0.05, 0.1) is 5.75 Å². The molecule has 2 aromatic heterocycles. The van der Waals surface area contributed by atoms with E-state index in [0.717, 1.165) is 31.6 Å². The Bertz CT molecular complexity index is 787. The number of aromatic nitrogens is 2. The number of rotatable bonds is 8. The molecule has 2 heterocycles. The molecule has 3 rings (SSSR count). The van der Waals surface area contributed by atoms with E-state index in [0.29, 0.717) is 5.75 Å².